The zero-order chi connectivity index (χ0) is 22.0. The first-order chi connectivity index (χ1) is 14.9. The van der Waals surface area contributed by atoms with Crippen molar-refractivity contribution >= 4 is 22.0 Å². The highest BCUT2D eigenvalue weighted by Gasteiger charge is 2.39. The van der Waals surface area contributed by atoms with Crippen molar-refractivity contribution in [2.24, 2.45) is 5.73 Å². The van der Waals surface area contributed by atoms with Gasteiger partial charge in [-0.15, -0.1) is 0 Å². The number of benzene rings is 3. The highest BCUT2D eigenvalue weighted by molar-refractivity contribution is 7.95. The van der Waals surface area contributed by atoms with E-state index in [2.05, 4.69) is 0 Å². The van der Waals surface area contributed by atoms with Crippen LogP contribution in [0.4, 0.5) is 5.69 Å². The number of carbonyl (C=O) groups excluding carboxylic acids is 1. The summed E-state index contributed by atoms with van der Waals surface area (Å²) in [5.74, 6) is -0.612. The number of anilines is 1. The molecule has 1 atom stereocenters. The number of morpholine rings is 1. The molecular formula is C23H24N3O4S+. The summed E-state index contributed by atoms with van der Waals surface area (Å²) in [5.41, 5.74) is 15.4. The molecule has 0 aromatic heterocycles. The zero-order valence-electron chi connectivity index (χ0n) is 16.9. The summed E-state index contributed by atoms with van der Waals surface area (Å²) in [4.78, 5) is 12.3. The number of nitrogen functional groups attached to an aromatic ring is 1. The van der Waals surface area contributed by atoms with Crippen LogP contribution in [0.3, 0.4) is 0 Å². The topological polar surface area (TPSA) is 119 Å². The van der Waals surface area contributed by atoms with Crippen LogP contribution < -0.4 is 11.5 Å². The first-order valence-corrected chi connectivity index (χ1v) is 11.3. The van der Waals surface area contributed by atoms with E-state index in [0.717, 1.165) is 16.7 Å². The maximum atomic E-state index is 13.0. The average molecular weight is 439 g/mol. The van der Waals surface area contributed by atoms with Gasteiger partial charge in [0.05, 0.1) is 37.6 Å². The van der Waals surface area contributed by atoms with Gasteiger partial charge in [-0.25, -0.2) is 0 Å². The van der Waals surface area contributed by atoms with Gasteiger partial charge in [0.25, 0.3) is 5.91 Å². The van der Waals surface area contributed by atoms with E-state index in [-0.39, 0.29) is 11.3 Å². The monoisotopic (exact) mass is 438 g/mol. The van der Waals surface area contributed by atoms with Crippen molar-refractivity contribution in [2.45, 2.75) is 4.90 Å². The highest BCUT2D eigenvalue weighted by Crippen LogP contribution is 2.35. The molecule has 0 saturated carbocycles. The van der Waals surface area contributed by atoms with Crippen LogP contribution in [0.25, 0.3) is 22.3 Å². The standard InChI is InChI=1S/C23H23N3O4S/c24-22-20(14-18(15-21(22)23(25)27)16-4-2-1-3-5-16)17-6-8-19(9-7-17)31(28,29)26-10-12-30-13-11-26/h1-9,14-15H,10-13H2,(H4-,24,25,27,28,29)/p+1. The lowest BCUT2D eigenvalue weighted by Crippen LogP contribution is -2.43. The maximum absolute atomic E-state index is 13.0. The fourth-order valence-corrected chi connectivity index (χ4v) is 5.08. The fourth-order valence-electron chi connectivity index (χ4n) is 3.65. The number of nitrogens with two attached hydrogens (primary N) is 2. The lowest BCUT2D eigenvalue weighted by atomic mass is 9.94. The van der Waals surface area contributed by atoms with Gasteiger partial charge < -0.3 is 16.2 Å². The average Bonchev–Trinajstić information content (AvgIpc) is 2.80. The van der Waals surface area contributed by atoms with Crippen LogP contribution in [0.5, 0.6) is 0 Å². The number of primary amides is 1. The van der Waals surface area contributed by atoms with E-state index in [1.807, 2.05) is 36.4 Å². The predicted octanol–water partition coefficient (Wildman–Crippen LogP) is 3.28. The molecule has 0 spiro atoms. The minimum absolute atomic E-state index is 0.236. The summed E-state index contributed by atoms with van der Waals surface area (Å²) in [5, 5.41) is 0. The third-order valence-electron chi connectivity index (χ3n) is 5.34. The first kappa shape index (κ1) is 21.2. The number of nitrogens with zero attached hydrogens (tertiary/aromatic N) is 1. The van der Waals surface area contributed by atoms with Crippen molar-refractivity contribution in [3.63, 3.8) is 0 Å². The van der Waals surface area contributed by atoms with Gasteiger partial charge in [-0.2, -0.15) is 4.55 Å². The van der Waals surface area contributed by atoms with Gasteiger partial charge in [-0.05, 0) is 57.3 Å². The normalized spacial score (nSPS) is 16.5. The van der Waals surface area contributed by atoms with Gasteiger partial charge in [0, 0.05) is 5.56 Å². The molecule has 7 nitrogen and oxygen atoms in total. The van der Waals surface area contributed by atoms with Gasteiger partial charge >= 0.3 is 10.4 Å². The van der Waals surface area contributed by atoms with Crippen molar-refractivity contribution in [2.75, 3.05) is 32.0 Å². The quantitative estimate of drug-likeness (QED) is 0.417. The van der Waals surface area contributed by atoms with Crippen molar-refractivity contribution in [1.82, 2.24) is 4.31 Å². The third-order valence-corrected chi connectivity index (χ3v) is 7.30. The van der Waals surface area contributed by atoms with Crippen LogP contribution in [0.15, 0.2) is 71.6 Å². The Morgan fingerprint density at radius 1 is 0.935 bits per heavy atom. The minimum atomic E-state index is -3.35. The fraction of sp³-hybridized carbons (Fsp3) is 0.174. The van der Waals surface area contributed by atoms with E-state index < -0.39 is 16.3 Å². The molecule has 160 valence electrons. The molecular weight excluding hydrogens is 414 g/mol. The van der Waals surface area contributed by atoms with E-state index in [1.165, 1.54) is 4.31 Å². The van der Waals surface area contributed by atoms with Gasteiger partial charge in [0.1, 0.15) is 0 Å². The molecule has 0 bridgehead atoms. The molecule has 0 radical (unpaired) electrons. The zero-order valence-corrected chi connectivity index (χ0v) is 17.7. The largest absolute Gasteiger partial charge is 0.398 e. The Morgan fingerprint density at radius 3 is 2.19 bits per heavy atom. The summed E-state index contributed by atoms with van der Waals surface area (Å²) in [7, 11) is -3.35. The molecule has 1 unspecified atom stereocenters. The number of carbonyl (C=O) groups is 1. The second-order valence-corrected chi connectivity index (χ2v) is 9.26. The van der Waals surface area contributed by atoms with Crippen molar-refractivity contribution in [3.05, 3.63) is 72.3 Å². The van der Waals surface area contributed by atoms with E-state index in [4.69, 9.17) is 16.2 Å². The van der Waals surface area contributed by atoms with Crippen LogP contribution in [0.2, 0.25) is 0 Å². The number of hydrogen-bond acceptors (Lipinski definition) is 4. The highest BCUT2D eigenvalue weighted by atomic mass is 32.3. The molecule has 4 rings (SSSR count). The summed E-state index contributed by atoms with van der Waals surface area (Å²) in [6.07, 6.45) is 0. The molecule has 3 aromatic rings. The Kier molecular flexibility index (Phi) is 5.88. The van der Waals surface area contributed by atoms with E-state index in [1.54, 1.807) is 30.3 Å². The minimum Gasteiger partial charge on any atom is -0.398 e. The molecule has 31 heavy (non-hydrogen) atoms. The summed E-state index contributed by atoms with van der Waals surface area (Å²) < 4.78 is 30.4. The summed E-state index contributed by atoms with van der Waals surface area (Å²) >= 11 is 0. The van der Waals surface area contributed by atoms with Crippen LogP contribution in [0.1, 0.15) is 10.4 Å². The molecule has 3 aromatic carbocycles. The second-order valence-electron chi connectivity index (χ2n) is 7.28. The van der Waals surface area contributed by atoms with E-state index >= 15 is 0 Å². The Balaban J connectivity index is 1.74. The molecule has 1 aliphatic rings. The summed E-state index contributed by atoms with van der Waals surface area (Å²) in [6, 6.07) is 19.9. The van der Waals surface area contributed by atoms with Crippen molar-refractivity contribution in [1.29, 1.82) is 0 Å². The molecule has 1 saturated heterocycles. The molecule has 5 N–H and O–H groups in total. The summed E-state index contributed by atoms with van der Waals surface area (Å²) in [6.45, 7) is 1.64. The van der Waals surface area contributed by atoms with Crippen LogP contribution in [-0.4, -0.2) is 41.1 Å². The van der Waals surface area contributed by atoms with Gasteiger partial charge in [-0.1, -0.05) is 34.6 Å². The smallest absolute Gasteiger partial charge is 0.325 e. The van der Waals surface area contributed by atoms with Gasteiger partial charge in [0.2, 0.25) is 4.90 Å². The van der Waals surface area contributed by atoms with Crippen LogP contribution in [-0.2, 0) is 19.3 Å². The molecule has 1 heterocycles. The van der Waals surface area contributed by atoms with Gasteiger partial charge in [-0.3, -0.25) is 4.79 Å². The first-order valence-electron chi connectivity index (χ1n) is 9.86. The number of ether oxygens (including phenoxy) is 1. The number of hydrogen-bond donors (Lipinski definition) is 3. The SMILES string of the molecule is NC(=O)c1cc(-c2ccccc2)cc(-c2ccc([S+](=O)(O)N3CCOCC3)cc2)c1N. The molecule has 8 heteroatoms. The Labute approximate surface area is 182 Å². The Morgan fingerprint density at radius 2 is 1.58 bits per heavy atom. The van der Waals surface area contributed by atoms with E-state index in [9.17, 15) is 13.6 Å². The lowest BCUT2D eigenvalue weighted by Gasteiger charge is -2.23. The number of amides is 1. The van der Waals surface area contributed by atoms with Crippen LogP contribution in [0, 0.1) is 0 Å². The third kappa shape index (κ3) is 4.24. The molecule has 0 aliphatic carbocycles. The van der Waals surface area contributed by atoms with Crippen molar-refractivity contribution in [3.8, 4) is 22.3 Å². The molecule has 1 fully saturated rings. The predicted molar refractivity (Wildman–Crippen MR) is 122 cm³/mol. The van der Waals surface area contributed by atoms with E-state index in [0.29, 0.717) is 36.8 Å². The van der Waals surface area contributed by atoms with Crippen LogP contribution >= 0.6 is 0 Å². The van der Waals surface area contributed by atoms with Gasteiger partial charge in [0.15, 0.2) is 0 Å². The molecule has 1 aliphatic heterocycles. The van der Waals surface area contributed by atoms with Crippen molar-refractivity contribution < 1.29 is 18.3 Å². The Bertz CT molecular complexity index is 1140. The number of rotatable bonds is 5. The maximum Gasteiger partial charge on any atom is 0.325 e. The molecule has 1 amide bonds. The Hall–Kier alpha value is -3.04. The lowest BCUT2D eigenvalue weighted by molar-refractivity contribution is 0.0700. The second kappa shape index (κ2) is 8.60.